The normalized spacial score (nSPS) is 14.5. The standard InChI is InChI=1S/C28H35NO3/c1-3-5-7-8-9-10-20-31-25-18-14-23(15-19-25)21-26-28(30)32-27(29-26)24-16-12-22(13-17-24)11-6-4-2/h12-19,21H,3-11,20H2,1-2H3/b26-21-. The highest BCUT2D eigenvalue weighted by Crippen LogP contribution is 2.21. The fraction of sp³-hybridized carbons (Fsp3) is 0.429. The summed E-state index contributed by atoms with van der Waals surface area (Å²) in [4.78, 5) is 16.7. The summed E-state index contributed by atoms with van der Waals surface area (Å²) in [6, 6.07) is 15.8. The van der Waals surface area contributed by atoms with Crippen molar-refractivity contribution in [3.63, 3.8) is 0 Å². The average molecular weight is 434 g/mol. The molecule has 0 fully saturated rings. The Balaban J connectivity index is 1.53. The van der Waals surface area contributed by atoms with E-state index in [0.29, 0.717) is 11.6 Å². The molecule has 1 aliphatic rings. The van der Waals surface area contributed by atoms with Crippen LogP contribution in [0.25, 0.3) is 6.08 Å². The smallest absolute Gasteiger partial charge is 0.363 e. The first kappa shape index (κ1) is 23.8. The summed E-state index contributed by atoms with van der Waals surface area (Å²) < 4.78 is 11.2. The molecule has 0 amide bonds. The van der Waals surface area contributed by atoms with Gasteiger partial charge in [0.1, 0.15) is 5.75 Å². The molecule has 0 spiro atoms. The quantitative estimate of drug-likeness (QED) is 0.192. The number of aliphatic imine (C=N–C) groups is 1. The van der Waals surface area contributed by atoms with Gasteiger partial charge in [0.2, 0.25) is 5.90 Å². The van der Waals surface area contributed by atoms with Crippen molar-refractivity contribution in [3.05, 3.63) is 70.9 Å². The summed E-state index contributed by atoms with van der Waals surface area (Å²) in [5, 5.41) is 0. The minimum atomic E-state index is -0.418. The molecule has 0 aromatic heterocycles. The second-order valence-corrected chi connectivity index (χ2v) is 8.32. The van der Waals surface area contributed by atoms with Gasteiger partial charge in [0, 0.05) is 5.56 Å². The molecule has 2 aromatic carbocycles. The van der Waals surface area contributed by atoms with Crippen LogP contribution < -0.4 is 4.74 Å². The molecular weight excluding hydrogens is 398 g/mol. The first-order valence-corrected chi connectivity index (χ1v) is 12.0. The summed E-state index contributed by atoms with van der Waals surface area (Å²) >= 11 is 0. The van der Waals surface area contributed by atoms with Gasteiger partial charge in [0.05, 0.1) is 6.61 Å². The van der Waals surface area contributed by atoms with Gasteiger partial charge < -0.3 is 9.47 Å². The molecule has 1 heterocycles. The Morgan fingerprint density at radius 1 is 0.844 bits per heavy atom. The first-order valence-electron chi connectivity index (χ1n) is 12.0. The maximum Gasteiger partial charge on any atom is 0.363 e. The van der Waals surface area contributed by atoms with Crippen molar-refractivity contribution in [2.24, 2.45) is 4.99 Å². The molecule has 1 aliphatic heterocycles. The number of hydrogen-bond donors (Lipinski definition) is 0. The van der Waals surface area contributed by atoms with E-state index in [4.69, 9.17) is 9.47 Å². The van der Waals surface area contributed by atoms with Gasteiger partial charge in [-0.25, -0.2) is 9.79 Å². The Hall–Kier alpha value is -2.88. The van der Waals surface area contributed by atoms with Crippen LogP contribution >= 0.6 is 0 Å². The lowest BCUT2D eigenvalue weighted by atomic mass is 10.1. The van der Waals surface area contributed by atoms with E-state index in [1.54, 1.807) is 6.08 Å². The number of esters is 1. The topological polar surface area (TPSA) is 47.9 Å². The van der Waals surface area contributed by atoms with Crippen LogP contribution in [-0.4, -0.2) is 18.5 Å². The Labute approximate surface area is 192 Å². The highest BCUT2D eigenvalue weighted by Gasteiger charge is 2.24. The van der Waals surface area contributed by atoms with Crippen LogP contribution in [0.15, 0.2) is 59.2 Å². The number of unbranched alkanes of at least 4 members (excludes halogenated alkanes) is 6. The lowest BCUT2D eigenvalue weighted by Crippen LogP contribution is -2.05. The largest absolute Gasteiger partial charge is 0.494 e. The van der Waals surface area contributed by atoms with Crippen molar-refractivity contribution in [3.8, 4) is 5.75 Å². The number of rotatable bonds is 13. The summed E-state index contributed by atoms with van der Waals surface area (Å²) in [6.07, 6.45) is 12.7. The molecule has 0 saturated heterocycles. The molecule has 0 saturated carbocycles. The van der Waals surface area contributed by atoms with Crippen LogP contribution in [0.3, 0.4) is 0 Å². The van der Waals surface area contributed by atoms with E-state index in [1.165, 1.54) is 50.5 Å². The number of benzene rings is 2. The fourth-order valence-electron chi connectivity index (χ4n) is 3.62. The molecule has 0 atom stereocenters. The second-order valence-electron chi connectivity index (χ2n) is 8.32. The zero-order valence-corrected chi connectivity index (χ0v) is 19.4. The average Bonchev–Trinajstić information content (AvgIpc) is 3.18. The Morgan fingerprint density at radius 3 is 2.25 bits per heavy atom. The molecule has 0 radical (unpaired) electrons. The van der Waals surface area contributed by atoms with Gasteiger partial charge in [-0.1, -0.05) is 76.6 Å². The van der Waals surface area contributed by atoms with Crippen LogP contribution in [0.2, 0.25) is 0 Å². The maximum atomic E-state index is 12.3. The third-order valence-electron chi connectivity index (χ3n) is 5.59. The van der Waals surface area contributed by atoms with E-state index in [1.807, 2.05) is 36.4 Å². The van der Waals surface area contributed by atoms with Gasteiger partial charge in [-0.2, -0.15) is 0 Å². The molecule has 0 aliphatic carbocycles. The van der Waals surface area contributed by atoms with Gasteiger partial charge in [-0.15, -0.1) is 0 Å². The number of ether oxygens (including phenoxy) is 2. The van der Waals surface area contributed by atoms with E-state index in [2.05, 4.69) is 31.0 Å². The summed E-state index contributed by atoms with van der Waals surface area (Å²) in [5.74, 6) is 0.794. The first-order chi connectivity index (χ1) is 15.7. The van der Waals surface area contributed by atoms with Gasteiger partial charge in [0.25, 0.3) is 0 Å². The summed E-state index contributed by atoms with van der Waals surface area (Å²) in [5.41, 5.74) is 3.31. The molecule has 0 unspecified atom stereocenters. The van der Waals surface area contributed by atoms with Crippen molar-refractivity contribution in [2.45, 2.75) is 71.6 Å². The molecule has 32 heavy (non-hydrogen) atoms. The van der Waals surface area contributed by atoms with Crippen molar-refractivity contribution in [2.75, 3.05) is 6.61 Å². The van der Waals surface area contributed by atoms with E-state index in [0.717, 1.165) is 36.3 Å². The van der Waals surface area contributed by atoms with Crippen LogP contribution in [0.4, 0.5) is 0 Å². The van der Waals surface area contributed by atoms with E-state index >= 15 is 0 Å². The zero-order chi connectivity index (χ0) is 22.6. The Morgan fingerprint density at radius 2 is 1.53 bits per heavy atom. The predicted octanol–water partition coefficient (Wildman–Crippen LogP) is 7.11. The summed E-state index contributed by atoms with van der Waals surface area (Å²) in [6.45, 7) is 5.16. The molecule has 2 aromatic rings. The van der Waals surface area contributed by atoms with Crippen LogP contribution in [0.1, 0.15) is 81.9 Å². The number of hydrogen-bond acceptors (Lipinski definition) is 4. The van der Waals surface area contributed by atoms with E-state index in [-0.39, 0.29) is 0 Å². The molecule has 4 nitrogen and oxygen atoms in total. The molecule has 0 N–H and O–H groups in total. The highest BCUT2D eigenvalue weighted by molar-refractivity contribution is 6.12. The maximum absolute atomic E-state index is 12.3. The third-order valence-corrected chi connectivity index (χ3v) is 5.59. The number of aryl methyl sites for hydroxylation is 1. The van der Waals surface area contributed by atoms with Crippen LogP contribution in [0, 0.1) is 0 Å². The van der Waals surface area contributed by atoms with Crippen molar-refractivity contribution >= 4 is 17.9 Å². The number of carbonyl (C=O) groups excluding carboxylic acids is 1. The van der Waals surface area contributed by atoms with Crippen LogP contribution in [-0.2, 0) is 16.0 Å². The minimum Gasteiger partial charge on any atom is -0.494 e. The predicted molar refractivity (Wildman–Crippen MR) is 131 cm³/mol. The second kappa shape index (κ2) is 12.8. The van der Waals surface area contributed by atoms with Crippen molar-refractivity contribution in [1.29, 1.82) is 0 Å². The monoisotopic (exact) mass is 433 g/mol. The Kier molecular flexibility index (Phi) is 9.55. The minimum absolute atomic E-state index is 0.316. The number of carbonyl (C=O) groups is 1. The molecule has 3 rings (SSSR count). The van der Waals surface area contributed by atoms with Gasteiger partial charge in [-0.05, 0) is 60.7 Å². The molecular formula is C28H35NO3. The lowest BCUT2D eigenvalue weighted by molar-refractivity contribution is -0.129. The number of nitrogens with zero attached hydrogens (tertiary/aromatic N) is 1. The lowest BCUT2D eigenvalue weighted by Gasteiger charge is -2.06. The molecule has 0 bridgehead atoms. The fourth-order valence-corrected chi connectivity index (χ4v) is 3.62. The SMILES string of the molecule is CCCCCCCCOc1ccc(/C=C2\N=C(c3ccc(CCCC)cc3)OC2=O)cc1. The van der Waals surface area contributed by atoms with Gasteiger partial charge >= 0.3 is 5.97 Å². The van der Waals surface area contributed by atoms with Gasteiger partial charge in [0.15, 0.2) is 5.70 Å². The molecule has 170 valence electrons. The zero-order valence-electron chi connectivity index (χ0n) is 19.4. The Bertz CT molecular complexity index is 911. The van der Waals surface area contributed by atoms with Crippen molar-refractivity contribution < 1.29 is 14.3 Å². The van der Waals surface area contributed by atoms with E-state index < -0.39 is 5.97 Å². The van der Waals surface area contributed by atoms with E-state index in [9.17, 15) is 4.79 Å². The molecule has 4 heteroatoms. The summed E-state index contributed by atoms with van der Waals surface area (Å²) in [7, 11) is 0. The highest BCUT2D eigenvalue weighted by atomic mass is 16.6. The third kappa shape index (κ3) is 7.37. The van der Waals surface area contributed by atoms with Gasteiger partial charge in [-0.3, -0.25) is 0 Å². The van der Waals surface area contributed by atoms with Crippen molar-refractivity contribution in [1.82, 2.24) is 0 Å². The number of cyclic esters (lactones) is 1. The van der Waals surface area contributed by atoms with Crippen LogP contribution in [0.5, 0.6) is 5.75 Å².